The molecular weight excluding hydrogens is 304 g/mol. The van der Waals surface area contributed by atoms with Gasteiger partial charge < -0.3 is 19.4 Å². The largest absolute Gasteiger partial charge is 0.361 e. The number of hydrogen-bond donors (Lipinski definition) is 1. The normalized spacial score (nSPS) is 22.3. The minimum atomic E-state index is -0.234. The van der Waals surface area contributed by atoms with Crippen molar-refractivity contribution in [3.63, 3.8) is 0 Å². The number of carbonyl (C=O) groups excluding carboxylic acids is 1. The molecule has 1 N–H and O–H groups in total. The van der Waals surface area contributed by atoms with Crippen molar-refractivity contribution in [3.8, 4) is 0 Å². The van der Waals surface area contributed by atoms with Crippen LogP contribution in [0.2, 0.25) is 0 Å². The van der Waals surface area contributed by atoms with Crippen LogP contribution >= 0.6 is 0 Å². The molecular formula is C19H24N2O3. The summed E-state index contributed by atoms with van der Waals surface area (Å²) in [4.78, 5) is 18.1. The highest BCUT2D eigenvalue weighted by molar-refractivity contribution is 5.84. The van der Waals surface area contributed by atoms with Crippen LogP contribution in [0.15, 0.2) is 30.5 Å². The number of carbonyl (C=O) groups is 1. The van der Waals surface area contributed by atoms with Gasteiger partial charge in [0.2, 0.25) is 5.91 Å². The topological polar surface area (TPSA) is 54.6 Å². The number of H-pyrrole nitrogens is 1. The molecule has 5 heteroatoms. The zero-order chi connectivity index (χ0) is 16.4. The third-order valence-electron chi connectivity index (χ3n) is 5.11. The standard InChI is InChI=1S/C19H24N2O3/c22-18(9-8-14-13-20-16-6-2-1-5-15(14)16)21-10-4-3-7-17(21)19-23-11-12-24-19/h1-2,5-6,13,17,19-20H,3-4,7-12H2. The first-order valence-corrected chi connectivity index (χ1v) is 8.90. The van der Waals surface area contributed by atoms with Crippen molar-refractivity contribution >= 4 is 16.8 Å². The molecule has 2 fully saturated rings. The Morgan fingerprint density at radius 2 is 2.04 bits per heavy atom. The lowest BCUT2D eigenvalue weighted by Gasteiger charge is -2.38. The molecule has 1 aromatic heterocycles. The van der Waals surface area contributed by atoms with E-state index in [4.69, 9.17) is 9.47 Å². The first-order chi connectivity index (χ1) is 11.8. The number of nitrogens with one attached hydrogen (secondary N) is 1. The Morgan fingerprint density at radius 3 is 2.92 bits per heavy atom. The van der Waals surface area contributed by atoms with E-state index in [9.17, 15) is 4.79 Å². The number of amides is 1. The highest BCUT2D eigenvalue weighted by Crippen LogP contribution is 2.26. The maximum atomic E-state index is 12.8. The minimum Gasteiger partial charge on any atom is -0.361 e. The average molecular weight is 328 g/mol. The number of aryl methyl sites for hydroxylation is 1. The van der Waals surface area contributed by atoms with Gasteiger partial charge in [0.05, 0.1) is 19.3 Å². The van der Waals surface area contributed by atoms with Crippen LogP contribution in [0.4, 0.5) is 0 Å². The van der Waals surface area contributed by atoms with Gasteiger partial charge in [-0.3, -0.25) is 4.79 Å². The summed E-state index contributed by atoms with van der Waals surface area (Å²) >= 11 is 0. The van der Waals surface area contributed by atoms with E-state index in [0.717, 1.165) is 37.7 Å². The van der Waals surface area contributed by atoms with Gasteiger partial charge in [-0.15, -0.1) is 0 Å². The molecule has 24 heavy (non-hydrogen) atoms. The van der Waals surface area contributed by atoms with Gasteiger partial charge in [0.15, 0.2) is 6.29 Å². The summed E-state index contributed by atoms with van der Waals surface area (Å²) in [6, 6.07) is 8.31. The van der Waals surface area contributed by atoms with Crippen molar-refractivity contribution in [2.75, 3.05) is 19.8 Å². The molecule has 0 aliphatic carbocycles. The Hall–Kier alpha value is -1.85. The van der Waals surface area contributed by atoms with Gasteiger partial charge in [0.1, 0.15) is 0 Å². The summed E-state index contributed by atoms with van der Waals surface area (Å²) in [6.45, 7) is 2.09. The van der Waals surface area contributed by atoms with E-state index in [-0.39, 0.29) is 18.2 Å². The zero-order valence-electron chi connectivity index (χ0n) is 13.9. The number of benzene rings is 1. The van der Waals surface area contributed by atoms with Gasteiger partial charge in [-0.05, 0) is 37.3 Å². The molecule has 0 bridgehead atoms. The number of para-hydroxylation sites is 1. The summed E-state index contributed by atoms with van der Waals surface area (Å²) in [6.07, 6.45) is 6.27. The van der Waals surface area contributed by atoms with Gasteiger partial charge in [-0.1, -0.05) is 18.2 Å². The van der Waals surface area contributed by atoms with E-state index in [1.165, 1.54) is 10.9 Å². The van der Waals surface area contributed by atoms with Gasteiger partial charge >= 0.3 is 0 Å². The molecule has 3 heterocycles. The Kier molecular flexibility index (Phi) is 4.54. The molecule has 2 saturated heterocycles. The van der Waals surface area contributed by atoms with E-state index in [2.05, 4.69) is 17.1 Å². The lowest BCUT2D eigenvalue weighted by molar-refractivity contribution is -0.150. The second kappa shape index (κ2) is 6.95. The number of hydrogen-bond acceptors (Lipinski definition) is 3. The van der Waals surface area contributed by atoms with E-state index in [1.54, 1.807) is 0 Å². The monoisotopic (exact) mass is 328 g/mol. The molecule has 4 rings (SSSR count). The lowest BCUT2D eigenvalue weighted by atomic mass is 10.00. The van der Waals surface area contributed by atoms with Crippen molar-refractivity contribution in [3.05, 3.63) is 36.0 Å². The third-order valence-corrected chi connectivity index (χ3v) is 5.11. The summed E-state index contributed by atoms with van der Waals surface area (Å²) < 4.78 is 11.3. The highest BCUT2D eigenvalue weighted by atomic mass is 16.7. The van der Waals surface area contributed by atoms with Crippen molar-refractivity contribution in [1.82, 2.24) is 9.88 Å². The smallest absolute Gasteiger partial charge is 0.223 e. The molecule has 0 saturated carbocycles. The molecule has 2 aromatic rings. The Morgan fingerprint density at radius 1 is 1.21 bits per heavy atom. The van der Waals surface area contributed by atoms with Crippen LogP contribution in [0.1, 0.15) is 31.2 Å². The number of likely N-dealkylation sites (tertiary alicyclic amines) is 1. The van der Waals surface area contributed by atoms with E-state index >= 15 is 0 Å². The van der Waals surface area contributed by atoms with Gasteiger partial charge in [-0.25, -0.2) is 0 Å². The number of aromatic amines is 1. The van der Waals surface area contributed by atoms with Gasteiger partial charge in [0, 0.05) is 30.1 Å². The molecule has 5 nitrogen and oxygen atoms in total. The predicted molar refractivity (Wildman–Crippen MR) is 91.7 cm³/mol. The maximum Gasteiger partial charge on any atom is 0.223 e. The maximum absolute atomic E-state index is 12.8. The van der Waals surface area contributed by atoms with Crippen LogP contribution in [0, 0.1) is 0 Å². The van der Waals surface area contributed by atoms with Crippen LogP contribution in [0.25, 0.3) is 10.9 Å². The number of piperidine rings is 1. The molecule has 0 radical (unpaired) electrons. The molecule has 2 aliphatic rings. The average Bonchev–Trinajstić information content (AvgIpc) is 3.30. The van der Waals surface area contributed by atoms with E-state index < -0.39 is 0 Å². The SMILES string of the molecule is O=C(CCc1c[nH]c2ccccc12)N1CCCCC1C1OCCO1. The number of rotatable bonds is 4. The fraction of sp³-hybridized carbons (Fsp3) is 0.526. The predicted octanol–water partition coefficient (Wildman–Crippen LogP) is 2.85. The van der Waals surface area contributed by atoms with Crippen LogP contribution in [0.3, 0.4) is 0 Å². The highest BCUT2D eigenvalue weighted by Gasteiger charge is 2.35. The minimum absolute atomic E-state index is 0.0803. The third kappa shape index (κ3) is 3.06. The zero-order valence-corrected chi connectivity index (χ0v) is 13.9. The summed E-state index contributed by atoms with van der Waals surface area (Å²) in [7, 11) is 0. The number of ether oxygens (including phenoxy) is 2. The van der Waals surface area contributed by atoms with Crippen LogP contribution < -0.4 is 0 Å². The Bertz CT molecular complexity index is 705. The van der Waals surface area contributed by atoms with E-state index in [0.29, 0.717) is 19.6 Å². The second-order valence-corrected chi connectivity index (χ2v) is 6.62. The van der Waals surface area contributed by atoms with Crippen molar-refractivity contribution in [2.24, 2.45) is 0 Å². The summed E-state index contributed by atoms with van der Waals surface area (Å²) in [5.74, 6) is 0.212. The summed E-state index contributed by atoms with van der Waals surface area (Å²) in [5.41, 5.74) is 2.34. The fourth-order valence-electron chi connectivity index (χ4n) is 3.87. The van der Waals surface area contributed by atoms with Crippen molar-refractivity contribution in [2.45, 2.75) is 44.4 Å². The molecule has 128 valence electrons. The first kappa shape index (κ1) is 15.7. The van der Waals surface area contributed by atoms with Crippen LogP contribution in [0.5, 0.6) is 0 Å². The van der Waals surface area contributed by atoms with Crippen molar-refractivity contribution in [1.29, 1.82) is 0 Å². The van der Waals surface area contributed by atoms with E-state index in [1.807, 2.05) is 23.2 Å². The fourth-order valence-corrected chi connectivity index (χ4v) is 3.87. The molecule has 1 unspecified atom stereocenters. The Balaban J connectivity index is 1.42. The molecule has 1 aromatic carbocycles. The number of nitrogens with zero attached hydrogens (tertiary/aromatic N) is 1. The summed E-state index contributed by atoms with van der Waals surface area (Å²) in [5, 5.41) is 1.21. The van der Waals surface area contributed by atoms with Crippen LogP contribution in [-0.4, -0.2) is 47.9 Å². The number of aromatic nitrogens is 1. The van der Waals surface area contributed by atoms with Gasteiger partial charge in [0.25, 0.3) is 0 Å². The van der Waals surface area contributed by atoms with Crippen molar-refractivity contribution < 1.29 is 14.3 Å². The number of fused-ring (bicyclic) bond motifs is 1. The molecule has 1 atom stereocenters. The second-order valence-electron chi connectivity index (χ2n) is 6.62. The molecule has 1 amide bonds. The quantitative estimate of drug-likeness (QED) is 0.939. The molecule has 2 aliphatic heterocycles. The first-order valence-electron chi connectivity index (χ1n) is 8.90. The van der Waals surface area contributed by atoms with Gasteiger partial charge in [-0.2, -0.15) is 0 Å². The Labute approximate surface area is 141 Å². The molecule has 0 spiro atoms. The lowest BCUT2D eigenvalue weighted by Crippen LogP contribution is -2.50. The van der Waals surface area contributed by atoms with Crippen LogP contribution in [-0.2, 0) is 20.7 Å².